The lowest BCUT2D eigenvalue weighted by molar-refractivity contribution is -0.112. The summed E-state index contributed by atoms with van der Waals surface area (Å²) in [5, 5.41) is 15.2. The zero-order valence-electron chi connectivity index (χ0n) is 15.6. The molecular weight excluding hydrogens is 324 g/mol. The average molecular weight is 348 g/mol. The SMILES string of the molecule is CCc1cccc(C)c1NC(=O)/C(C#N)=C\Nc1ccc(N(C)C)cc1. The number of amides is 1. The molecule has 1 amide bonds. The van der Waals surface area contributed by atoms with Crippen molar-refractivity contribution in [3.63, 3.8) is 0 Å². The van der Waals surface area contributed by atoms with Crippen LogP contribution in [0.2, 0.25) is 0 Å². The van der Waals surface area contributed by atoms with E-state index in [0.717, 1.165) is 34.6 Å². The maximum Gasteiger partial charge on any atom is 0.267 e. The summed E-state index contributed by atoms with van der Waals surface area (Å²) in [7, 11) is 3.94. The number of nitrogens with zero attached hydrogens (tertiary/aromatic N) is 2. The Labute approximate surface area is 154 Å². The van der Waals surface area contributed by atoms with Crippen LogP contribution in [0.5, 0.6) is 0 Å². The second-order valence-corrected chi connectivity index (χ2v) is 6.17. The van der Waals surface area contributed by atoms with E-state index in [2.05, 4.69) is 10.6 Å². The number of nitriles is 1. The number of hydrogen-bond acceptors (Lipinski definition) is 4. The van der Waals surface area contributed by atoms with Gasteiger partial charge in [0.15, 0.2) is 0 Å². The summed E-state index contributed by atoms with van der Waals surface area (Å²) in [6.45, 7) is 3.97. The molecule has 0 spiro atoms. The predicted octanol–water partition coefficient (Wildman–Crippen LogP) is 4.08. The number of hydrogen-bond donors (Lipinski definition) is 2. The van der Waals surface area contributed by atoms with Gasteiger partial charge in [-0.15, -0.1) is 0 Å². The van der Waals surface area contributed by atoms with Crippen molar-refractivity contribution in [2.24, 2.45) is 0 Å². The molecule has 0 fully saturated rings. The molecule has 0 unspecified atom stereocenters. The highest BCUT2D eigenvalue weighted by Crippen LogP contribution is 2.22. The third kappa shape index (κ3) is 4.64. The van der Waals surface area contributed by atoms with Crippen molar-refractivity contribution >= 4 is 23.0 Å². The molecule has 0 bridgehead atoms. The van der Waals surface area contributed by atoms with Crippen molar-refractivity contribution in [2.75, 3.05) is 29.6 Å². The number of carbonyl (C=O) groups is 1. The maximum absolute atomic E-state index is 12.5. The molecule has 0 radical (unpaired) electrons. The Bertz CT molecular complexity index is 845. The number of carbonyl (C=O) groups excluding carboxylic acids is 1. The van der Waals surface area contributed by atoms with Gasteiger partial charge in [-0.2, -0.15) is 5.26 Å². The minimum absolute atomic E-state index is 0.0204. The van der Waals surface area contributed by atoms with Crippen LogP contribution in [0.15, 0.2) is 54.2 Å². The van der Waals surface area contributed by atoms with Crippen molar-refractivity contribution in [2.45, 2.75) is 20.3 Å². The summed E-state index contributed by atoms with van der Waals surface area (Å²) in [5.41, 5.74) is 4.69. The van der Waals surface area contributed by atoms with E-state index < -0.39 is 5.91 Å². The van der Waals surface area contributed by atoms with E-state index in [4.69, 9.17) is 0 Å². The molecule has 2 aromatic rings. The Kier molecular flexibility index (Phi) is 6.40. The number of aryl methyl sites for hydroxylation is 2. The lowest BCUT2D eigenvalue weighted by Gasteiger charge is -2.13. The second-order valence-electron chi connectivity index (χ2n) is 6.17. The molecule has 0 aromatic heterocycles. The van der Waals surface area contributed by atoms with Gasteiger partial charge >= 0.3 is 0 Å². The molecule has 2 N–H and O–H groups in total. The van der Waals surface area contributed by atoms with Crippen LogP contribution < -0.4 is 15.5 Å². The highest BCUT2D eigenvalue weighted by Gasteiger charge is 2.13. The molecule has 0 saturated heterocycles. The molecule has 0 aliphatic carbocycles. The minimum Gasteiger partial charge on any atom is -0.378 e. The summed E-state index contributed by atoms with van der Waals surface area (Å²) in [6, 6.07) is 15.6. The van der Waals surface area contributed by atoms with Crippen LogP contribution in [0.1, 0.15) is 18.1 Å². The van der Waals surface area contributed by atoms with Gasteiger partial charge < -0.3 is 15.5 Å². The summed E-state index contributed by atoms with van der Waals surface area (Å²) >= 11 is 0. The van der Waals surface area contributed by atoms with Crippen molar-refractivity contribution in [3.8, 4) is 6.07 Å². The van der Waals surface area contributed by atoms with Crippen LogP contribution in [-0.2, 0) is 11.2 Å². The lowest BCUT2D eigenvalue weighted by atomic mass is 10.1. The first kappa shape index (κ1) is 19.1. The quantitative estimate of drug-likeness (QED) is 0.610. The third-order valence-electron chi connectivity index (χ3n) is 4.11. The van der Waals surface area contributed by atoms with Crippen LogP contribution >= 0.6 is 0 Å². The molecule has 0 saturated carbocycles. The van der Waals surface area contributed by atoms with Crippen LogP contribution in [0.25, 0.3) is 0 Å². The summed E-state index contributed by atoms with van der Waals surface area (Å²) in [4.78, 5) is 14.5. The zero-order chi connectivity index (χ0) is 19.1. The van der Waals surface area contributed by atoms with Gasteiger partial charge in [0.25, 0.3) is 5.91 Å². The van der Waals surface area contributed by atoms with Gasteiger partial charge in [-0.3, -0.25) is 4.79 Å². The predicted molar refractivity (Wildman–Crippen MR) is 107 cm³/mol. The van der Waals surface area contributed by atoms with E-state index in [1.807, 2.05) is 81.4 Å². The molecule has 0 atom stereocenters. The molecule has 134 valence electrons. The van der Waals surface area contributed by atoms with Gasteiger partial charge in [0.05, 0.1) is 0 Å². The van der Waals surface area contributed by atoms with E-state index in [1.54, 1.807) is 0 Å². The van der Waals surface area contributed by atoms with Crippen LogP contribution in [0, 0.1) is 18.3 Å². The molecule has 0 heterocycles. The first-order chi connectivity index (χ1) is 12.5. The highest BCUT2D eigenvalue weighted by molar-refractivity contribution is 6.07. The molecule has 0 aliphatic heterocycles. The Balaban J connectivity index is 2.14. The maximum atomic E-state index is 12.5. The molecule has 26 heavy (non-hydrogen) atoms. The van der Waals surface area contributed by atoms with Gasteiger partial charge in [-0.05, 0) is 48.7 Å². The Hall–Kier alpha value is -3.26. The molecular formula is C21H24N4O. The van der Waals surface area contributed by atoms with E-state index in [1.165, 1.54) is 6.20 Å². The molecule has 5 heteroatoms. The lowest BCUT2D eigenvalue weighted by Crippen LogP contribution is -2.16. The Morgan fingerprint density at radius 2 is 1.88 bits per heavy atom. The summed E-state index contributed by atoms with van der Waals surface area (Å²) < 4.78 is 0. The number of anilines is 3. The summed E-state index contributed by atoms with van der Waals surface area (Å²) in [6.07, 6.45) is 2.24. The van der Waals surface area contributed by atoms with Gasteiger partial charge in [0.2, 0.25) is 0 Å². The van der Waals surface area contributed by atoms with E-state index >= 15 is 0 Å². The van der Waals surface area contributed by atoms with Gasteiger partial charge in [0.1, 0.15) is 11.6 Å². The monoisotopic (exact) mass is 348 g/mol. The standard InChI is InChI=1S/C21H24N4O/c1-5-16-8-6-7-15(2)20(16)24-21(26)17(13-22)14-23-18-9-11-19(12-10-18)25(3)4/h6-12,14,23H,5H2,1-4H3,(H,24,26)/b17-14-. The second kappa shape index (κ2) is 8.72. The van der Waals surface area contributed by atoms with Gasteiger partial charge in [-0.1, -0.05) is 25.1 Å². The third-order valence-corrected chi connectivity index (χ3v) is 4.11. The fourth-order valence-electron chi connectivity index (χ4n) is 2.54. The van der Waals surface area contributed by atoms with E-state index in [0.29, 0.717) is 0 Å². The number of para-hydroxylation sites is 1. The van der Waals surface area contributed by atoms with Crippen molar-refractivity contribution < 1.29 is 4.79 Å². The number of nitrogens with one attached hydrogen (secondary N) is 2. The first-order valence-corrected chi connectivity index (χ1v) is 8.50. The smallest absolute Gasteiger partial charge is 0.267 e. The van der Waals surface area contributed by atoms with Crippen molar-refractivity contribution in [1.29, 1.82) is 5.26 Å². The molecule has 2 rings (SSSR count). The minimum atomic E-state index is -0.422. The molecule has 0 aliphatic rings. The zero-order valence-corrected chi connectivity index (χ0v) is 15.6. The molecule has 5 nitrogen and oxygen atoms in total. The largest absolute Gasteiger partial charge is 0.378 e. The van der Waals surface area contributed by atoms with E-state index in [9.17, 15) is 10.1 Å². The number of rotatable bonds is 6. The summed E-state index contributed by atoms with van der Waals surface area (Å²) in [5.74, 6) is -0.422. The van der Waals surface area contributed by atoms with Gasteiger partial charge in [0, 0.05) is 37.4 Å². The Morgan fingerprint density at radius 3 is 2.46 bits per heavy atom. The van der Waals surface area contributed by atoms with Crippen molar-refractivity contribution in [3.05, 3.63) is 65.4 Å². The average Bonchev–Trinajstić information content (AvgIpc) is 2.64. The number of benzene rings is 2. The molecule has 2 aromatic carbocycles. The van der Waals surface area contributed by atoms with Crippen LogP contribution in [0.4, 0.5) is 17.1 Å². The van der Waals surface area contributed by atoms with Gasteiger partial charge in [-0.25, -0.2) is 0 Å². The topological polar surface area (TPSA) is 68.2 Å². The normalized spacial score (nSPS) is 10.8. The van der Waals surface area contributed by atoms with Crippen molar-refractivity contribution in [1.82, 2.24) is 0 Å². The van der Waals surface area contributed by atoms with Crippen LogP contribution in [0.3, 0.4) is 0 Å². The fraction of sp³-hybridized carbons (Fsp3) is 0.238. The van der Waals surface area contributed by atoms with Crippen LogP contribution in [-0.4, -0.2) is 20.0 Å². The highest BCUT2D eigenvalue weighted by atomic mass is 16.1. The fourth-order valence-corrected chi connectivity index (χ4v) is 2.54. The van der Waals surface area contributed by atoms with E-state index in [-0.39, 0.29) is 5.57 Å². The Morgan fingerprint density at radius 1 is 1.19 bits per heavy atom. The first-order valence-electron chi connectivity index (χ1n) is 8.50.